The number of piperidine rings is 1. The van der Waals surface area contributed by atoms with E-state index >= 15 is 0 Å². The molecule has 0 aliphatic carbocycles. The molecule has 0 bridgehead atoms. The van der Waals surface area contributed by atoms with E-state index in [9.17, 15) is 18.0 Å². The van der Waals surface area contributed by atoms with E-state index in [-0.39, 0.29) is 36.8 Å². The van der Waals surface area contributed by atoms with Gasteiger partial charge in [0.25, 0.3) is 5.91 Å². The number of nitrogens with zero attached hydrogens (tertiary/aromatic N) is 1. The molecule has 3 nitrogen and oxygen atoms in total. The van der Waals surface area contributed by atoms with Crippen LogP contribution in [0.15, 0.2) is 24.3 Å². The molecule has 114 valence electrons. The summed E-state index contributed by atoms with van der Waals surface area (Å²) in [6.07, 6.45) is -4.26. The normalized spacial score (nSPS) is 16.8. The molecule has 1 aromatic carbocycles. The lowest BCUT2D eigenvalue weighted by Crippen LogP contribution is -2.42. The van der Waals surface area contributed by atoms with Crippen LogP contribution in [0.4, 0.5) is 13.2 Å². The van der Waals surface area contributed by atoms with Crippen LogP contribution in [0.3, 0.4) is 0 Å². The summed E-state index contributed by atoms with van der Waals surface area (Å²) in [4.78, 5) is 13.9. The van der Waals surface area contributed by atoms with E-state index in [0.717, 1.165) is 0 Å². The second-order valence-corrected chi connectivity index (χ2v) is 5.49. The van der Waals surface area contributed by atoms with Crippen LogP contribution in [0, 0.1) is 5.92 Å². The second-order valence-electron chi connectivity index (χ2n) is 5.05. The molecule has 1 saturated heterocycles. The third-order valence-electron chi connectivity index (χ3n) is 3.66. The first-order valence-electron chi connectivity index (χ1n) is 6.55. The lowest BCUT2D eigenvalue weighted by atomic mass is 9.96. The Bertz CT molecular complexity index is 534. The topological polar surface area (TPSA) is 46.3 Å². The van der Waals surface area contributed by atoms with E-state index in [1.807, 2.05) is 0 Å². The molecule has 0 atom stereocenters. The minimum atomic E-state index is -4.17. The van der Waals surface area contributed by atoms with Gasteiger partial charge in [0, 0.05) is 24.2 Å². The van der Waals surface area contributed by atoms with Gasteiger partial charge in [-0.1, -0.05) is 24.4 Å². The zero-order chi connectivity index (χ0) is 15.6. The summed E-state index contributed by atoms with van der Waals surface area (Å²) in [6, 6.07) is 6.45. The highest BCUT2D eigenvalue weighted by molar-refractivity contribution is 7.80. The molecule has 0 radical (unpaired) electrons. The Labute approximate surface area is 125 Å². The maximum atomic E-state index is 12.6. The zero-order valence-corrected chi connectivity index (χ0v) is 12.0. The molecule has 1 aliphatic rings. The Balaban J connectivity index is 2.00. The van der Waals surface area contributed by atoms with Gasteiger partial charge in [0.05, 0.1) is 5.92 Å². The monoisotopic (exact) mass is 316 g/mol. The predicted octanol–water partition coefficient (Wildman–Crippen LogP) is 2.74. The number of rotatable bonds is 2. The molecule has 1 aliphatic heterocycles. The summed E-state index contributed by atoms with van der Waals surface area (Å²) < 4.78 is 37.8. The number of benzene rings is 1. The van der Waals surface area contributed by atoms with Gasteiger partial charge in [-0.25, -0.2) is 0 Å². The lowest BCUT2D eigenvalue weighted by molar-refractivity contribution is -0.183. The first-order valence-corrected chi connectivity index (χ1v) is 6.95. The van der Waals surface area contributed by atoms with E-state index in [1.165, 1.54) is 4.90 Å². The average Bonchev–Trinajstić information content (AvgIpc) is 2.46. The fourth-order valence-corrected chi connectivity index (χ4v) is 2.51. The van der Waals surface area contributed by atoms with Gasteiger partial charge in [0.2, 0.25) is 0 Å². The Morgan fingerprint density at radius 1 is 1.14 bits per heavy atom. The summed E-state index contributed by atoms with van der Waals surface area (Å²) in [6.45, 7) is 0.250. The van der Waals surface area contributed by atoms with Crippen LogP contribution in [0.5, 0.6) is 0 Å². The van der Waals surface area contributed by atoms with Gasteiger partial charge in [0.1, 0.15) is 4.99 Å². The van der Waals surface area contributed by atoms with Gasteiger partial charge in [0.15, 0.2) is 0 Å². The number of carbonyl (C=O) groups excluding carboxylic acids is 1. The highest BCUT2D eigenvalue weighted by Gasteiger charge is 2.41. The summed E-state index contributed by atoms with van der Waals surface area (Å²) in [7, 11) is 0. The van der Waals surface area contributed by atoms with Gasteiger partial charge >= 0.3 is 6.18 Å². The first-order chi connectivity index (χ1) is 9.79. The van der Waals surface area contributed by atoms with Crippen LogP contribution in [0.25, 0.3) is 0 Å². The van der Waals surface area contributed by atoms with Crippen molar-refractivity contribution in [2.24, 2.45) is 11.7 Å². The Morgan fingerprint density at radius 2 is 1.62 bits per heavy atom. The number of hydrogen-bond acceptors (Lipinski definition) is 2. The molecule has 0 aromatic heterocycles. The Morgan fingerprint density at radius 3 is 2.05 bits per heavy atom. The maximum Gasteiger partial charge on any atom is 0.391 e. The van der Waals surface area contributed by atoms with Crippen molar-refractivity contribution in [1.82, 2.24) is 4.90 Å². The molecule has 1 heterocycles. The SMILES string of the molecule is NC(=S)c1ccc(C(=O)N2CCC(C(F)(F)F)CC2)cc1. The first kappa shape index (κ1) is 15.8. The highest BCUT2D eigenvalue weighted by Crippen LogP contribution is 2.34. The van der Waals surface area contributed by atoms with Crippen molar-refractivity contribution < 1.29 is 18.0 Å². The molecule has 0 saturated carbocycles. The van der Waals surface area contributed by atoms with Gasteiger partial charge in [-0.3, -0.25) is 4.79 Å². The van der Waals surface area contributed by atoms with Gasteiger partial charge in [-0.05, 0) is 25.0 Å². The number of nitrogens with two attached hydrogens (primary N) is 1. The summed E-state index contributed by atoms with van der Waals surface area (Å²) in [5, 5.41) is 0. The smallest absolute Gasteiger partial charge is 0.389 e. The third-order valence-corrected chi connectivity index (χ3v) is 3.90. The van der Waals surface area contributed by atoms with Crippen molar-refractivity contribution in [1.29, 1.82) is 0 Å². The van der Waals surface area contributed by atoms with E-state index in [1.54, 1.807) is 24.3 Å². The molecular formula is C14H15F3N2OS. The van der Waals surface area contributed by atoms with Crippen LogP contribution in [-0.2, 0) is 0 Å². The molecule has 2 rings (SSSR count). The number of thiocarbonyl (C=S) groups is 1. The zero-order valence-electron chi connectivity index (χ0n) is 11.2. The maximum absolute atomic E-state index is 12.6. The quantitative estimate of drug-likeness (QED) is 0.854. The molecule has 2 N–H and O–H groups in total. The van der Waals surface area contributed by atoms with Crippen LogP contribution in [-0.4, -0.2) is 35.1 Å². The van der Waals surface area contributed by atoms with Gasteiger partial charge in [-0.2, -0.15) is 13.2 Å². The van der Waals surface area contributed by atoms with Crippen molar-refractivity contribution in [2.45, 2.75) is 19.0 Å². The van der Waals surface area contributed by atoms with Crippen molar-refractivity contribution >= 4 is 23.1 Å². The second kappa shape index (κ2) is 6.01. The fourth-order valence-electron chi connectivity index (χ4n) is 2.37. The number of alkyl halides is 3. The van der Waals surface area contributed by atoms with Crippen LogP contribution in [0.1, 0.15) is 28.8 Å². The fraction of sp³-hybridized carbons (Fsp3) is 0.429. The number of amides is 1. The number of likely N-dealkylation sites (tertiary alicyclic amines) is 1. The standard InChI is InChI=1S/C14H15F3N2OS/c15-14(16,17)11-5-7-19(8-6-11)13(20)10-3-1-9(2-4-10)12(18)21/h1-4,11H,5-8H2,(H2,18,21). The van der Waals surface area contributed by atoms with Crippen molar-refractivity contribution in [3.8, 4) is 0 Å². The predicted molar refractivity (Wildman–Crippen MR) is 77.0 cm³/mol. The largest absolute Gasteiger partial charge is 0.391 e. The van der Waals surface area contributed by atoms with E-state index in [2.05, 4.69) is 0 Å². The highest BCUT2D eigenvalue weighted by atomic mass is 32.1. The summed E-state index contributed by atoms with van der Waals surface area (Å²) in [5.74, 6) is -1.57. The van der Waals surface area contributed by atoms with E-state index in [0.29, 0.717) is 11.1 Å². The number of halogens is 3. The number of carbonyl (C=O) groups is 1. The Kier molecular flexibility index (Phi) is 4.51. The van der Waals surface area contributed by atoms with E-state index in [4.69, 9.17) is 18.0 Å². The lowest BCUT2D eigenvalue weighted by Gasteiger charge is -2.33. The van der Waals surface area contributed by atoms with Crippen molar-refractivity contribution in [2.75, 3.05) is 13.1 Å². The molecular weight excluding hydrogens is 301 g/mol. The molecule has 0 spiro atoms. The van der Waals surface area contributed by atoms with Crippen LogP contribution >= 0.6 is 12.2 Å². The third kappa shape index (κ3) is 3.72. The van der Waals surface area contributed by atoms with E-state index < -0.39 is 12.1 Å². The molecule has 1 aromatic rings. The van der Waals surface area contributed by atoms with Crippen LogP contribution in [0.2, 0.25) is 0 Å². The summed E-state index contributed by atoms with van der Waals surface area (Å²) in [5.41, 5.74) is 6.55. The molecule has 1 amide bonds. The molecule has 0 unspecified atom stereocenters. The summed E-state index contributed by atoms with van der Waals surface area (Å²) >= 11 is 4.82. The van der Waals surface area contributed by atoms with Crippen molar-refractivity contribution in [3.05, 3.63) is 35.4 Å². The molecule has 21 heavy (non-hydrogen) atoms. The van der Waals surface area contributed by atoms with Crippen LogP contribution < -0.4 is 5.73 Å². The van der Waals surface area contributed by atoms with Gasteiger partial charge < -0.3 is 10.6 Å². The van der Waals surface area contributed by atoms with Gasteiger partial charge in [-0.15, -0.1) is 0 Å². The molecule has 7 heteroatoms. The number of hydrogen-bond donors (Lipinski definition) is 1. The minimum Gasteiger partial charge on any atom is -0.389 e. The molecule has 1 fully saturated rings. The van der Waals surface area contributed by atoms with Crippen molar-refractivity contribution in [3.63, 3.8) is 0 Å². The minimum absolute atomic E-state index is 0.0415. The Hall–Kier alpha value is -1.63. The average molecular weight is 316 g/mol.